The maximum Gasteiger partial charge on any atom is 0.0596 e. The molecule has 1 fully saturated rings. The highest BCUT2D eigenvalue weighted by Crippen LogP contribution is 2.22. The highest BCUT2D eigenvalue weighted by atomic mass is 16.5. The predicted octanol–water partition coefficient (Wildman–Crippen LogP) is 1.59. The van der Waals surface area contributed by atoms with Crippen LogP contribution < -0.4 is 0 Å². The van der Waals surface area contributed by atoms with Crippen LogP contribution in [-0.4, -0.2) is 26.4 Å². The third kappa shape index (κ3) is 1.96. The smallest absolute Gasteiger partial charge is 0.0596 e. The first kappa shape index (κ1) is 8.02. The van der Waals surface area contributed by atoms with Gasteiger partial charge in [0.15, 0.2) is 0 Å². The third-order valence-electron chi connectivity index (χ3n) is 2.24. The summed E-state index contributed by atoms with van der Waals surface area (Å²) >= 11 is 0. The van der Waals surface area contributed by atoms with E-state index in [2.05, 4.69) is 0 Å². The van der Waals surface area contributed by atoms with E-state index < -0.39 is 0 Å². The first-order chi connectivity index (χ1) is 4.86. The zero-order chi connectivity index (χ0) is 7.40. The van der Waals surface area contributed by atoms with Gasteiger partial charge in [-0.2, -0.15) is 0 Å². The monoisotopic (exact) mass is 144 g/mol. The van der Waals surface area contributed by atoms with E-state index in [-0.39, 0.29) is 0 Å². The van der Waals surface area contributed by atoms with Crippen LogP contribution in [0.1, 0.15) is 25.7 Å². The molecular formula is C8H16O2. The second-order valence-corrected chi connectivity index (χ2v) is 2.88. The van der Waals surface area contributed by atoms with Gasteiger partial charge in [0.1, 0.15) is 0 Å². The maximum atomic E-state index is 5.24. The van der Waals surface area contributed by atoms with Crippen molar-refractivity contribution in [2.24, 2.45) is 0 Å². The van der Waals surface area contributed by atoms with E-state index in [0.717, 1.165) is 6.42 Å². The Balaban J connectivity index is 2.25. The Hall–Kier alpha value is -0.0800. The van der Waals surface area contributed by atoms with E-state index in [9.17, 15) is 0 Å². The van der Waals surface area contributed by atoms with Crippen LogP contribution in [0, 0.1) is 0 Å². The molecule has 1 rings (SSSR count). The van der Waals surface area contributed by atoms with Gasteiger partial charge in [0, 0.05) is 14.2 Å². The third-order valence-corrected chi connectivity index (χ3v) is 2.24. The van der Waals surface area contributed by atoms with Crippen LogP contribution in [0.15, 0.2) is 0 Å². The van der Waals surface area contributed by atoms with Gasteiger partial charge >= 0.3 is 0 Å². The molecule has 0 saturated heterocycles. The molecule has 1 aliphatic rings. The SMILES string of the molecule is CO[C@@H]1CCC[C@H](OC)C1. The van der Waals surface area contributed by atoms with E-state index in [4.69, 9.17) is 9.47 Å². The van der Waals surface area contributed by atoms with Crippen LogP contribution in [-0.2, 0) is 9.47 Å². The van der Waals surface area contributed by atoms with Crippen LogP contribution in [0.2, 0.25) is 0 Å². The van der Waals surface area contributed by atoms with Crippen molar-refractivity contribution in [2.75, 3.05) is 14.2 Å². The van der Waals surface area contributed by atoms with Crippen molar-refractivity contribution in [1.82, 2.24) is 0 Å². The number of hydrogen-bond donors (Lipinski definition) is 0. The molecule has 0 spiro atoms. The Morgan fingerprint density at radius 3 is 1.90 bits per heavy atom. The van der Waals surface area contributed by atoms with E-state index >= 15 is 0 Å². The maximum absolute atomic E-state index is 5.24. The molecule has 1 saturated carbocycles. The molecule has 0 N–H and O–H groups in total. The minimum atomic E-state index is 0.443. The summed E-state index contributed by atoms with van der Waals surface area (Å²) in [4.78, 5) is 0. The first-order valence-corrected chi connectivity index (χ1v) is 3.92. The van der Waals surface area contributed by atoms with Gasteiger partial charge in [0.25, 0.3) is 0 Å². The van der Waals surface area contributed by atoms with E-state index in [1.807, 2.05) is 0 Å². The summed E-state index contributed by atoms with van der Waals surface area (Å²) in [6, 6.07) is 0. The van der Waals surface area contributed by atoms with Crippen molar-refractivity contribution in [1.29, 1.82) is 0 Å². The molecule has 0 heterocycles. The molecule has 0 radical (unpaired) electrons. The zero-order valence-electron chi connectivity index (χ0n) is 6.80. The molecular weight excluding hydrogens is 128 g/mol. The summed E-state index contributed by atoms with van der Waals surface area (Å²) in [6.45, 7) is 0. The molecule has 10 heavy (non-hydrogen) atoms. The molecule has 0 aromatic rings. The van der Waals surface area contributed by atoms with E-state index in [1.54, 1.807) is 14.2 Å². The lowest BCUT2D eigenvalue weighted by atomic mass is 9.95. The predicted molar refractivity (Wildman–Crippen MR) is 40.1 cm³/mol. The molecule has 0 amide bonds. The first-order valence-electron chi connectivity index (χ1n) is 3.92. The molecule has 0 unspecified atom stereocenters. The minimum absolute atomic E-state index is 0.443. The average Bonchev–Trinajstić information content (AvgIpc) is 2.05. The second-order valence-electron chi connectivity index (χ2n) is 2.88. The normalized spacial score (nSPS) is 34.2. The van der Waals surface area contributed by atoms with E-state index in [1.165, 1.54) is 19.3 Å². The highest BCUT2D eigenvalue weighted by molar-refractivity contribution is 4.72. The van der Waals surface area contributed by atoms with Crippen molar-refractivity contribution in [3.05, 3.63) is 0 Å². The van der Waals surface area contributed by atoms with Gasteiger partial charge < -0.3 is 9.47 Å². The van der Waals surface area contributed by atoms with Crippen LogP contribution in [0.3, 0.4) is 0 Å². The number of methoxy groups -OCH3 is 2. The lowest BCUT2D eigenvalue weighted by molar-refractivity contribution is -0.00924. The van der Waals surface area contributed by atoms with Crippen LogP contribution in [0.25, 0.3) is 0 Å². The Bertz CT molecular complexity index is 83.3. The fourth-order valence-corrected chi connectivity index (χ4v) is 1.53. The quantitative estimate of drug-likeness (QED) is 0.586. The fourth-order valence-electron chi connectivity index (χ4n) is 1.53. The second kappa shape index (κ2) is 3.94. The van der Waals surface area contributed by atoms with Gasteiger partial charge in [0.2, 0.25) is 0 Å². The number of ether oxygens (including phenoxy) is 2. The lowest BCUT2D eigenvalue weighted by Crippen LogP contribution is -2.26. The van der Waals surface area contributed by atoms with Crippen molar-refractivity contribution >= 4 is 0 Å². The molecule has 2 atom stereocenters. The van der Waals surface area contributed by atoms with Gasteiger partial charge in [-0.05, 0) is 25.7 Å². The topological polar surface area (TPSA) is 18.5 Å². The molecule has 2 nitrogen and oxygen atoms in total. The molecule has 0 aromatic heterocycles. The number of rotatable bonds is 2. The van der Waals surface area contributed by atoms with Crippen LogP contribution in [0.4, 0.5) is 0 Å². The zero-order valence-corrected chi connectivity index (χ0v) is 6.80. The average molecular weight is 144 g/mol. The van der Waals surface area contributed by atoms with Gasteiger partial charge in [-0.3, -0.25) is 0 Å². The molecule has 1 aliphatic carbocycles. The fraction of sp³-hybridized carbons (Fsp3) is 1.00. The van der Waals surface area contributed by atoms with Crippen molar-refractivity contribution < 1.29 is 9.47 Å². The van der Waals surface area contributed by atoms with Crippen molar-refractivity contribution in [3.8, 4) is 0 Å². The number of hydrogen-bond acceptors (Lipinski definition) is 2. The highest BCUT2D eigenvalue weighted by Gasteiger charge is 2.20. The van der Waals surface area contributed by atoms with Crippen LogP contribution in [0.5, 0.6) is 0 Å². The minimum Gasteiger partial charge on any atom is -0.381 e. The van der Waals surface area contributed by atoms with Gasteiger partial charge in [-0.25, -0.2) is 0 Å². The summed E-state index contributed by atoms with van der Waals surface area (Å²) in [5, 5.41) is 0. The lowest BCUT2D eigenvalue weighted by Gasteiger charge is -2.26. The Kier molecular flexibility index (Phi) is 3.16. The summed E-state index contributed by atoms with van der Waals surface area (Å²) in [6.07, 6.45) is 5.62. The Morgan fingerprint density at radius 2 is 1.50 bits per heavy atom. The summed E-state index contributed by atoms with van der Waals surface area (Å²) in [5.74, 6) is 0. The van der Waals surface area contributed by atoms with Crippen molar-refractivity contribution in [3.63, 3.8) is 0 Å². The van der Waals surface area contributed by atoms with Gasteiger partial charge in [0.05, 0.1) is 12.2 Å². The van der Waals surface area contributed by atoms with Crippen molar-refractivity contribution in [2.45, 2.75) is 37.9 Å². The van der Waals surface area contributed by atoms with Gasteiger partial charge in [-0.1, -0.05) is 0 Å². The summed E-state index contributed by atoms with van der Waals surface area (Å²) in [5.41, 5.74) is 0. The summed E-state index contributed by atoms with van der Waals surface area (Å²) in [7, 11) is 3.56. The molecule has 2 heteroatoms. The van der Waals surface area contributed by atoms with Gasteiger partial charge in [-0.15, -0.1) is 0 Å². The largest absolute Gasteiger partial charge is 0.381 e. The molecule has 60 valence electrons. The van der Waals surface area contributed by atoms with E-state index in [0.29, 0.717) is 12.2 Å². The Morgan fingerprint density at radius 1 is 1.00 bits per heavy atom. The molecule has 0 aromatic carbocycles. The standard InChI is InChI=1S/C8H16O2/c1-9-7-4-3-5-8(6-7)10-2/h7-8H,3-6H2,1-2H3/t7-,8+. The molecule has 0 aliphatic heterocycles. The Labute approximate surface area is 62.5 Å². The summed E-state index contributed by atoms with van der Waals surface area (Å²) < 4.78 is 10.5. The molecule has 0 bridgehead atoms. The van der Waals surface area contributed by atoms with Crippen LogP contribution >= 0.6 is 0 Å².